The summed E-state index contributed by atoms with van der Waals surface area (Å²) in [5.74, 6) is 0.473. The zero-order chi connectivity index (χ0) is 27.0. The maximum atomic E-state index is 13.0. The summed E-state index contributed by atoms with van der Waals surface area (Å²) in [6.45, 7) is 4.12. The highest BCUT2D eigenvalue weighted by Crippen LogP contribution is 2.49. The molecule has 6 rings (SSSR count). The van der Waals surface area contributed by atoms with Gasteiger partial charge >= 0.3 is 5.97 Å². The van der Waals surface area contributed by atoms with E-state index in [1.807, 2.05) is 62.4 Å². The van der Waals surface area contributed by atoms with E-state index in [-0.39, 0.29) is 24.3 Å². The van der Waals surface area contributed by atoms with Gasteiger partial charge in [-0.3, -0.25) is 9.59 Å². The normalized spacial score (nSPS) is 16.9. The predicted octanol–water partition coefficient (Wildman–Crippen LogP) is 6.26. The molecule has 0 radical (unpaired) electrons. The van der Waals surface area contributed by atoms with Gasteiger partial charge in [-0.05, 0) is 67.3 Å². The van der Waals surface area contributed by atoms with Crippen molar-refractivity contribution in [2.45, 2.75) is 57.4 Å². The molecule has 198 valence electrons. The van der Waals surface area contributed by atoms with Gasteiger partial charge in [0.15, 0.2) is 5.76 Å². The number of nitrogens with one attached hydrogen (secondary N) is 1. The number of rotatable bonds is 8. The largest absolute Gasteiger partial charge is 0.465 e. The molecule has 6 heteroatoms. The van der Waals surface area contributed by atoms with Gasteiger partial charge in [-0.25, -0.2) is 0 Å². The van der Waals surface area contributed by atoms with Gasteiger partial charge in [0.05, 0.1) is 30.2 Å². The van der Waals surface area contributed by atoms with Crippen LogP contribution in [0.1, 0.15) is 60.2 Å². The number of fused-ring (bicyclic) bond motifs is 1. The quantitative estimate of drug-likeness (QED) is 0.278. The van der Waals surface area contributed by atoms with Crippen molar-refractivity contribution < 1.29 is 18.8 Å². The van der Waals surface area contributed by atoms with Gasteiger partial charge in [0.2, 0.25) is 5.91 Å². The summed E-state index contributed by atoms with van der Waals surface area (Å²) >= 11 is 0. The minimum atomic E-state index is -0.466. The molecule has 1 aromatic heterocycles. The number of hydrogen-bond donors (Lipinski definition) is 1. The van der Waals surface area contributed by atoms with Crippen molar-refractivity contribution in [3.8, 4) is 22.5 Å². The van der Waals surface area contributed by atoms with Gasteiger partial charge in [0.1, 0.15) is 0 Å². The molecule has 0 bridgehead atoms. The van der Waals surface area contributed by atoms with Gasteiger partial charge in [-0.1, -0.05) is 78.0 Å². The fraction of sp³-hybridized carbons (Fsp3) is 0.303. The lowest BCUT2D eigenvalue weighted by atomic mass is 9.93. The van der Waals surface area contributed by atoms with Crippen LogP contribution in [0.15, 0.2) is 77.3 Å². The predicted molar refractivity (Wildman–Crippen MR) is 149 cm³/mol. The van der Waals surface area contributed by atoms with Crippen molar-refractivity contribution in [1.82, 2.24) is 10.5 Å². The van der Waals surface area contributed by atoms with Crippen LogP contribution in [0.25, 0.3) is 22.5 Å². The lowest BCUT2D eigenvalue weighted by molar-refractivity contribution is -0.146. The fourth-order valence-electron chi connectivity index (χ4n) is 5.74. The first-order valence-electron chi connectivity index (χ1n) is 13.7. The highest BCUT2D eigenvalue weighted by atomic mass is 16.5. The first-order valence-corrected chi connectivity index (χ1v) is 13.7. The number of carbonyl (C=O) groups is 2. The zero-order valence-corrected chi connectivity index (χ0v) is 22.3. The third-order valence-electron chi connectivity index (χ3n) is 8.12. The lowest BCUT2D eigenvalue weighted by Gasteiger charge is -2.15. The summed E-state index contributed by atoms with van der Waals surface area (Å²) in [4.78, 5) is 25.4. The minimum Gasteiger partial charge on any atom is -0.465 e. The highest BCUT2D eigenvalue weighted by Gasteiger charge is 2.52. The number of nitrogens with zero attached hydrogens (tertiary/aromatic N) is 1. The number of benzene rings is 3. The SMILES string of the molecule is CCOC(=O)C1(c2ccc(-c3ccc(-c4onc(C)c4CC(=O)NC4CCc5ccccc54)cc3)cc2)CC1. The number of amides is 1. The standard InChI is InChI=1S/C33H32N2O4/c1-3-38-32(37)33(18-19-33)26-15-12-23(13-16-26)22-8-10-25(11-9-22)31-28(21(2)35-39-31)20-30(36)34-29-17-14-24-6-4-5-7-27(24)29/h4-13,15-16,29H,3,14,17-20H2,1-2H3,(H,34,36). The van der Waals surface area contributed by atoms with Crippen LogP contribution in [0.2, 0.25) is 0 Å². The maximum absolute atomic E-state index is 13.0. The van der Waals surface area contributed by atoms with Gasteiger partial charge in [0.25, 0.3) is 0 Å². The van der Waals surface area contributed by atoms with Crippen molar-refractivity contribution >= 4 is 11.9 Å². The van der Waals surface area contributed by atoms with E-state index < -0.39 is 5.41 Å². The van der Waals surface area contributed by atoms with Crippen LogP contribution in [0.5, 0.6) is 0 Å². The van der Waals surface area contributed by atoms with Crippen LogP contribution in [-0.4, -0.2) is 23.6 Å². The van der Waals surface area contributed by atoms with E-state index in [2.05, 4.69) is 34.7 Å². The summed E-state index contributed by atoms with van der Waals surface area (Å²) in [7, 11) is 0. The van der Waals surface area contributed by atoms with E-state index >= 15 is 0 Å². The third kappa shape index (κ3) is 4.76. The van der Waals surface area contributed by atoms with Crippen LogP contribution in [0.3, 0.4) is 0 Å². The summed E-state index contributed by atoms with van der Waals surface area (Å²) in [5, 5.41) is 7.37. The second kappa shape index (κ2) is 10.2. The van der Waals surface area contributed by atoms with E-state index in [1.54, 1.807) is 0 Å². The third-order valence-corrected chi connectivity index (χ3v) is 8.12. The van der Waals surface area contributed by atoms with Crippen LogP contribution < -0.4 is 5.32 Å². The summed E-state index contributed by atoms with van der Waals surface area (Å²) in [6, 6.07) is 24.6. The molecule has 4 aromatic rings. The number of aryl methyl sites for hydroxylation is 2. The minimum absolute atomic E-state index is 0.0304. The zero-order valence-electron chi connectivity index (χ0n) is 22.3. The van der Waals surface area contributed by atoms with E-state index in [4.69, 9.17) is 9.26 Å². The Kier molecular flexibility index (Phi) is 6.55. The van der Waals surface area contributed by atoms with Gasteiger partial charge < -0.3 is 14.6 Å². The van der Waals surface area contributed by atoms with Crippen molar-refractivity contribution in [2.24, 2.45) is 0 Å². The fourth-order valence-corrected chi connectivity index (χ4v) is 5.74. The number of hydrogen-bond acceptors (Lipinski definition) is 5. The molecular weight excluding hydrogens is 488 g/mol. The Bertz CT molecular complexity index is 1510. The van der Waals surface area contributed by atoms with Gasteiger partial charge in [0, 0.05) is 11.1 Å². The smallest absolute Gasteiger partial charge is 0.316 e. The number of aromatic nitrogens is 1. The molecule has 1 fully saturated rings. The van der Waals surface area contributed by atoms with E-state index in [0.29, 0.717) is 12.4 Å². The van der Waals surface area contributed by atoms with Crippen LogP contribution in [0, 0.1) is 6.92 Å². The average molecular weight is 521 g/mol. The number of carbonyl (C=O) groups excluding carboxylic acids is 2. The molecule has 1 unspecified atom stereocenters. The Morgan fingerprint density at radius 3 is 2.33 bits per heavy atom. The molecule has 2 aliphatic rings. The summed E-state index contributed by atoms with van der Waals surface area (Å²) in [6.07, 6.45) is 3.80. The molecule has 2 aliphatic carbocycles. The van der Waals surface area contributed by atoms with Crippen molar-refractivity contribution in [3.05, 3.63) is 101 Å². The monoisotopic (exact) mass is 520 g/mol. The Balaban J connectivity index is 1.16. The molecule has 1 heterocycles. The van der Waals surface area contributed by atoms with Crippen LogP contribution >= 0.6 is 0 Å². The number of esters is 1. The molecular formula is C33H32N2O4. The van der Waals surface area contributed by atoms with Crippen molar-refractivity contribution in [3.63, 3.8) is 0 Å². The Labute approximate surface area is 228 Å². The topological polar surface area (TPSA) is 81.4 Å². The molecule has 1 atom stereocenters. The molecule has 0 saturated heterocycles. The van der Waals surface area contributed by atoms with Crippen molar-refractivity contribution in [1.29, 1.82) is 0 Å². The number of ether oxygens (including phenoxy) is 1. The van der Waals surface area contributed by atoms with Crippen LogP contribution in [0.4, 0.5) is 0 Å². The van der Waals surface area contributed by atoms with E-state index in [9.17, 15) is 9.59 Å². The first kappa shape index (κ1) is 25.1. The molecule has 1 N–H and O–H groups in total. The van der Waals surface area contributed by atoms with Crippen molar-refractivity contribution in [2.75, 3.05) is 6.61 Å². The molecule has 1 saturated carbocycles. The second-order valence-corrected chi connectivity index (χ2v) is 10.6. The van der Waals surface area contributed by atoms with Gasteiger partial charge in [-0.15, -0.1) is 0 Å². The molecule has 1 amide bonds. The molecule has 0 aliphatic heterocycles. The van der Waals surface area contributed by atoms with E-state index in [1.165, 1.54) is 11.1 Å². The molecule has 3 aromatic carbocycles. The van der Waals surface area contributed by atoms with E-state index in [0.717, 1.165) is 59.2 Å². The Morgan fingerprint density at radius 2 is 1.64 bits per heavy atom. The van der Waals surface area contributed by atoms with Gasteiger partial charge in [-0.2, -0.15) is 0 Å². The average Bonchev–Trinajstić information content (AvgIpc) is 3.57. The summed E-state index contributed by atoms with van der Waals surface area (Å²) in [5.41, 5.74) is 7.61. The lowest BCUT2D eigenvalue weighted by Crippen LogP contribution is -2.28. The first-order chi connectivity index (χ1) is 19.0. The Hall–Kier alpha value is -4.19. The molecule has 0 spiro atoms. The maximum Gasteiger partial charge on any atom is 0.316 e. The molecule has 39 heavy (non-hydrogen) atoms. The highest BCUT2D eigenvalue weighted by molar-refractivity contribution is 5.87. The second-order valence-electron chi connectivity index (χ2n) is 10.6. The molecule has 6 nitrogen and oxygen atoms in total. The van der Waals surface area contributed by atoms with Crippen LogP contribution in [-0.2, 0) is 32.6 Å². The Morgan fingerprint density at radius 1 is 0.974 bits per heavy atom. The summed E-state index contributed by atoms with van der Waals surface area (Å²) < 4.78 is 11.0.